The lowest BCUT2D eigenvalue weighted by Gasteiger charge is -2.44. The summed E-state index contributed by atoms with van der Waals surface area (Å²) < 4.78 is 0. The van der Waals surface area contributed by atoms with Crippen LogP contribution in [0.3, 0.4) is 0 Å². The molecule has 2 aliphatic rings. The van der Waals surface area contributed by atoms with Crippen molar-refractivity contribution in [2.45, 2.75) is 38.1 Å². The average Bonchev–Trinajstić information content (AvgIpc) is 2.26. The molecule has 2 heterocycles. The first-order chi connectivity index (χ1) is 6.92. The molecule has 0 unspecified atom stereocenters. The van der Waals surface area contributed by atoms with Gasteiger partial charge in [0.1, 0.15) is 0 Å². The highest BCUT2D eigenvalue weighted by atomic mass is 15.2. The van der Waals surface area contributed by atoms with Gasteiger partial charge in [0.25, 0.3) is 0 Å². The number of piperidine rings is 2. The molecule has 0 aromatic heterocycles. The molecule has 0 aliphatic carbocycles. The molecule has 0 amide bonds. The Balaban J connectivity index is 1.97. The van der Waals surface area contributed by atoms with Crippen LogP contribution in [0.25, 0.3) is 10.4 Å². The average molecular weight is 194 g/mol. The fourth-order valence-electron chi connectivity index (χ4n) is 2.93. The molecule has 2 atom stereocenters. The van der Waals surface area contributed by atoms with Crippen molar-refractivity contribution in [3.05, 3.63) is 10.4 Å². The van der Waals surface area contributed by atoms with Gasteiger partial charge in [0.2, 0.25) is 0 Å². The number of hydrogen-bond donors (Lipinski definition) is 0. The predicted octanol–water partition coefficient (Wildman–Crippen LogP) is 2.56. The zero-order valence-corrected chi connectivity index (χ0v) is 8.60. The number of nitrogens with zero attached hydrogens (tertiary/aromatic N) is 4. The van der Waals surface area contributed by atoms with Crippen LogP contribution < -0.4 is 0 Å². The van der Waals surface area contributed by atoms with E-state index in [0.717, 1.165) is 0 Å². The van der Waals surface area contributed by atoms with E-state index in [2.05, 4.69) is 14.9 Å². The summed E-state index contributed by atoms with van der Waals surface area (Å²) in [6.45, 7) is 3.23. The molecule has 0 bridgehead atoms. The number of hydrogen-bond acceptors (Lipinski definition) is 2. The fourth-order valence-corrected chi connectivity index (χ4v) is 2.93. The third-order valence-corrected chi connectivity index (χ3v) is 3.61. The standard InChI is InChI=1S/C10H18N4/c11-13-12-8-9-4-3-7-14-6-2-1-5-10(9)14/h9-10H,1-8H2/t9-,10+/m0/s1. The molecule has 2 aliphatic heterocycles. The SMILES string of the molecule is [N-]=[N+]=NC[C@@H]1CCCN2CCCC[C@H]12. The van der Waals surface area contributed by atoms with Crippen LogP contribution in [0.4, 0.5) is 0 Å². The third kappa shape index (κ3) is 2.02. The summed E-state index contributed by atoms with van der Waals surface area (Å²) in [5.74, 6) is 0.625. The van der Waals surface area contributed by atoms with Crippen LogP contribution in [0.1, 0.15) is 32.1 Å². The minimum atomic E-state index is 0.625. The van der Waals surface area contributed by atoms with E-state index >= 15 is 0 Å². The number of azide groups is 1. The van der Waals surface area contributed by atoms with E-state index in [1.807, 2.05) is 0 Å². The van der Waals surface area contributed by atoms with Crippen LogP contribution in [0.15, 0.2) is 5.11 Å². The molecule has 0 spiro atoms. The second-order valence-electron chi connectivity index (χ2n) is 4.41. The van der Waals surface area contributed by atoms with Crippen molar-refractivity contribution >= 4 is 0 Å². The Morgan fingerprint density at radius 2 is 2.07 bits per heavy atom. The fraction of sp³-hybridized carbons (Fsp3) is 1.00. The summed E-state index contributed by atoms with van der Waals surface area (Å²) in [5, 5.41) is 3.74. The zero-order valence-electron chi connectivity index (χ0n) is 8.60. The molecule has 2 rings (SSSR count). The van der Waals surface area contributed by atoms with Gasteiger partial charge in [0, 0.05) is 17.5 Å². The van der Waals surface area contributed by atoms with Crippen LogP contribution in [0.2, 0.25) is 0 Å². The first-order valence-corrected chi connectivity index (χ1v) is 5.66. The number of fused-ring (bicyclic) bond motifs is 1. The Morgan fingerprint density at radius 3 is 2.93 bits per heavy atom. The Bertz CT molecular complexity index is 232. The van der Waals surface area contributed by atoms with Gasteiger partial charge >= 0.3 is 0 Å². The first kappa shape index (κ1) is 9.81. The van der Waals surface area contributed by atoms with E-state index in [0.29, 0.717) is 18.5 Å². The lowest BCUT2D eigenvalue weighted by Crippen LogP contribution is -2.48. The highest BCUT2D eigenvalue weighted by Crippen LogP contribution is 2.30. The van der Waals surface area contributed by atoms with Crippen molar-refractivity contribution in [1.82, 2.24) is 4.90 Å². The van der Waals surface area contributed by atoms with Gasteiger partial charge in [-0.3, -0.25) is 0 Å². The molecule has 2 saturated heterocycles. The molecule has 2 fully saturated rings. The molecule has 4 heteroatoms. The van der Waals surface area contributed by atoms with Crippen LogP contribution in [0.5, 0.6) is 0 Å². The number of rotatable bonds is 2. The van der Waals surface area contributed by atoms with Gasteiger partial charge in [-0.25, -0.2) is 0 Å². The second kappa shape index (κ2) is 4.67. The topological polar surface area (TPSA) is 52.0 Å². The molecule has 0 aromatic carbocycles. The maximum Gasteiger partial charge on any atom is 0.0301 e. The van der Waals surface area contributed by atoms with Crippen molar-refractivity contribution in [2.75, 3.05) is 19.6 Å². The lowest BCUT2D eigenvalue weighted by atomic mass is 9.84. The predicted molar refractivity (Wildman–Crippen MR) is 55.9 cm³/mol. The Hall–Kier alpha value is -0.730. The van der Waals surface area contributed by atoms with E-state index in [1.165, 1.54) is 45.2 Å². The van der Waals surface area contributed by atoms with Crippen molar-refractivity contribution in [3.8, 4) is 0 Å². The molecule has 0 saturated carbocycles. The molecule has 0 N–H and O–H groups in total. The van der Waals surface area contributed by atoms with Gasteiger partial charge in [-0.15, -0.1) is 0 Å². The molecular weight excluding hydrogens is 176 g/mol. The summed E-state index contributed by atoms with van der Waals surface area (Å²) in [4.78, 5) is 5.48. The largest absolute Gasteiger partial charge is 0.300 e. The Kier molecular flexibility index (Phi) is 3.27. The molecule has 0 radical (unpaired) electrons. The smallest absolute Gasteiger partial charge is 0.0301 e. The third-order valence-electron chi connectivity index (χ3n) is 3.61. The van der Waals surface area contributed by atoms with Crippen molar-refractivity contribution in [1.29, 1.82) is 0 Å². The molecule has 0 aromatic rings. The van der Waals surface area contributed by atoms with E-state index in [1.54, 1.807) is 0 Å². The highest BCUT2D eigenvalue weighted by Gasteiger charge is 2.32. The molecule has 78 valence electrons. The van der Waals surface area contributed by atoms with Gasteiger partial charge in [-0.1, -0.05) is 11.5 Å². The highest BCUT2D eigenvalue weighted by molar-refractivity contribution is 4.87. The summed E-state index contributed by atoms with van der Waals surface area (Å²) in [7, 11) is 0. The molecular formula is C10H18N4. The van der Waals surface area contributed by atoms with E-state index in [9.17, 15) is 0 Å². The molecule has 4 nitrogen and oxygen atoms in total. The molecule has 14 heavy (non-hydrogen) atoms. The van der Waals surface area contributed by atoms with Crippen molar-refractivity contribution in [3.63, 3.8) is 0 Å². The summed E-state index contributed by atoms with van der Waals surface area (Å²) in [5.41, 5.74) is 8.34. The lowest BCUT2D eigenvalue weighted by molar-refractivity contribution is 0.0632. The van der Waals surface area contributed by atoms with Crippen LogP contribution >= 0.6 is 0 Å². The maximum absolute atomic E-state index is 8.34. The van der Waals surface area contributed by atoms with Crippen molar-refractivity contribution < 1.29 is 0 Å². The van der Waals surface area contributed by atoms with Gasteiger partial charge in [0.15, 0.2) is 0 Å². The van der Waals surface area contributed by atoms with Gasteiger partial charge in [0.05, 0.1) is 0 Å². The van der Waals surface area contributed by atoms with Crippen molar-refractivity contribution in [2.24, 2.45) is 11.0 Å². The monoisotopic (exact) mass is 194 g/mol. The van der Waals surface area contributed by atoms with Crippen LogP contribution in [0, 0.1) is 5.92 Å². The van der Waals surface area contributed by atoms with Gasteiger partial charge < -0.3 is 4.90 Å². The van der Waals surface area contributed by atoms with Crippen LogP contribution in [-0.2, 0) is 0 Å². The minimum Gasteiger partial charge on any atom is -0.300 e. The Labute approximate surface area is 84.9 Å². The first-order valence-electron chi connectivity index (χ1n) is 5.66. The second-order valence-corrected chi connectivity index (χ2v) is 4.41. The van der Waals surface area contributed by atoms with Crippen LogP contribution in [-0.4, -0.2) is 30.6 Å². The maximum atomic E-state index is 8.34. The quantitative estimate of drug-likeness (QED) is 0.378. The van der Waals surface area contributed by atoms with E-state index in [-0.39, 0.29) is 0 Å². The summed E-state index contributed by atoms with van der Waals surface area (Å²) >= 11 is 0. The Morgan fingerprint density at radius 1 is 1.21 bits per heavy atom. The minimum absolute atomic E-state index is 0.625. The summed E-state index contributed by atoms with van der Waals surface area (Å²) in [6, 6.07) is 0.711. The van der Waals surface area contributed by atoms with E-state index in [4.69, 9.17) is 5.53 Å². The normalized spacial score (nSPS) is 33.1. The van der Waals surface area contributed by atoms with Gasteiger partial charge in [-0.05, 0) is 50.2 Å². The summed E-state index contributed by atoms with van der Waals surface area (Å²) in [6.07, 6.45) is 6.55. The van der Waals surface area contributed by atoms with Gasteiger partial charge in [-0.2, -0.15) is 0 Å². The van der Waals surface area contributed by atoms with E-state index < -0.39 is 0 Å². The zero-order chi connectivity index (χ0) is 9.80.